The molecule has 7 heteroatoms. The first-order valence-electron chi connectivity index (χ1n) is 8.08. The van der Waals surface area contributed by atoms with Crippen molar-refractivity contribution in [3.63, 3.8) is 0 Å². The van der Waals surface area contributed by atoms with Gasteiger partial charge < -0.3 is 19.9 Å². The molecule has 2 fully saturated rings. The highest BCUT2D eigenvalue weighted by molar-refractivity contribution is 5.85. The molecular formula is C15H31Cl2N3O2. The zero-order chi connectivity index (χ0) is 14.4. The Morgan fingerprint density at radius 1 is 1.27 bits per heavy atom. The lowest BCUT2D eigenvalue weighted by Crippen LogP contribution is -2.36. The average Bonchev–Trinajstić information content (AvgIpc) is 3.14. The van der Waals surface area contributed by atoms with Crippen molar-refractivity contribution < 1.29 is 9.53 Å². The van der Waals surface area contributed by atoms with Crippen LogP contribution in [0.5, 0.6) is 0 Å². The number of likely N-dealkylation sites (tertiary alicyclic amines) is 1. The fraction of sp³-hybridized carbons (Fsp3) is 0.933. The number of halogens is 2. The van der Waals surface area contributed by atoms with Gasteiger partial charge in [-0.05, 0) is 32.5 Å². The van der Waals surface area contributed by atoms with E-state index in [9.17, 15) is 4.79 Å². The molecule has 22 heavy (non-hydrogen) atoms. The van der Waals surface area contributed by atoms with Crippen LogP contribution in [-0.2, 0) is 9.53 Å². The predicted molar refractivity (Wildman–Crippen MR) is 94.2 cm³/mol. The number of likely N-dealkylation sites (N-methyl/N-ethyl adjacent to an activating group) is 1. The molecule has 2 atom stereocenters. The number of ether oxygens (including phenoxy) is 1. The van der Waals surface area contributed by atoms with Gasteiger partial charge >= 0.3 is 0 Å². The van der Waals surface area contributed by atoms with E-state index in [1.807, 2.05) is 4.90 Å². The van der Waals surface area contributed by atoms with E-state index in [-0.39, 0.29) is 36.8 Å². The van der Waals surface area contributed by atoms with Crippen LogP contribution in [0.15, 0.2) is 0 Å². The molecular weight excluding hydrogens is 325 g/mol. The molecule has 5 nitrogen and oxygen atoms in total. The fourth-order valence-corrected chi connectivity index (χ4v) is 3.08. The summed E-state index contributed by atoms with van der Waals surface area (Å²) in [5.74, 6) is 0.522. The number of carbonyl (C=O) groups excluding carboxylic acids is 1. The molecule has 2 aliphatic heterocycles. The zero-order valence-corrected chi connectivity index (χ0v) is 15.4. The van der Waals surface area contributed by atoms with Crippen LogP contribution in [0.25, 0.3) is 0 Å². The van der Waals surface area contributed by atoms with Crippen LogP contribution in [0.2, 0.25) is 0 Å². The maximum atomic E-state index is 12.3. The Bertz CT molecular complexity index is 311. The quantitative estimate of drug-likeness (QED) is 0.749. The standard InChI is InChI=1S/C15H29N3O2.2ClH/c1-3-17(4-2)9-10-20-14-6-8-18(12-14)15(19)13-5-7-16-11-13;;/h13-14,16H,3-12H2,1-2H3;2*1H. The third-order valence-corrected chi connectivity index (χ3v) is 4.52. The molecule has 132 valence electrons. The SMILES string of the molecule is CCN(CC)CCOC1CCN(C(=O)C2CCNC2)C1.Cl.Cl. The topological polar surface area (TPSA) is 44.8 Å². The van der Waals surface area contributed by atoms with Crippen molar-refractivity contribution in [2.75, 3.05) is 52.4 Å². The first-order chi connectivity index (χ1) is 9.74. The molecule has 0 aromatic carbocycles. The molecule has 1 N–H and O–H groups in total. The molecule has 0 spiro atoms. The number of rotatable bonds is 7. The minimum Gasteiger partial charge on any atom is -0.375 e. The van der Waals surface area contributed by atoms with Gasteiger partial charge in [0, 0.05) is 26.2 Å². The molecule has 0 radical (unpaired) electrons. The predicted octanol–water partition coefficient (Wildman–Crippen LogP) is 1.40. The van der Waals surface area contributed by atoms with Crippen LogP contribution in [0.4, 0.5) is 0 Å². The lowest BCUT2D eigenvalue weighted by molar-refractivity contribution is -0.134. The van der Waals surface area contributed by atoms with Crippen molar-refractivity contribution in [2.45, 2.75) is 32.8 Å². The van der Waals surface area contributed by atoms with Gasteiger partial charge in [0.2, 0.25) is 5.91 Å². The Labute approximate surface area is 146 Å². The molecule has 1 amide bonds. The average molecular weight is 356 g/mol. The third kappa shape index (κ3) is 6.20. The van der Waals surface area contributed by atoms with Crippen LogP contribution in [0, 0.1) is 5.92 Å². The zero-order valence-electron chi connectivity index (χ0n) is 13.8. The molecule has 2 aliphatic rings. The summed E-state index contributed by atoms with van der Waals surface area (Å²) in [6.07, 6.45) is 2.22. The maximum absolute atomic E-state index is 12.3. The third-order valence-electron chi connectivity index (χ3n) is 4.52. The molecule has 2 saturated heterocycles. The van der Waals surface area contributed by atoms with E-state index in [2.05, 4.69) is 24.1 Å². The van der Waals surface area contributed by atoms with E-state index in [4.69, 9.17) is 4.74 Å². The van der Waals surface area contributed by atoms with Crippen LogP contribution < -0.4 is 5.32 Å². The number of carbonyl (C=O) groups is 1. The molecule has 0 saturated carbocycles. The number of nitrogens with one attached hydrogen (secondary N) is 1. The van der Waals surface area contributed by atoms with Crippen molar-refractivity contribution in [3.8, 4) is 0 Å². The van der Waals surface area contributed by atoms with Crippen molar-refractivity contribution in [1.29, 1.82) is 0 Å². The molecule has 2 rings (SSSR count). The minimum absolute atomic E-state index is 0. The molecule has 2 heterocycles. The second kappa shape index (κ2) is 11.5. The van der Waals surface area contributed by atoms with Crippen molar-refractivity contribution in [3.05, 3.63) is 0 Å². The summed E-state index contributed by atoms with van der Waals surface area (Å²) in [6.45, 7) is 11.7. The Hall–Kier alpha value is -0.0700. The van der Waals surface area contributed by atoms with E-state index < -0.39 is 0 Å². The molecule has 0 bridgehead atoms. The lowest BCUT2D eigenvalue weighted by Gasteiger charge is -2.21. The minimum atomic E-state index is 0. The number of amides is 1. The second-order valence-corrected chi connectivity index (χ2v) is 5.78. The smallest absolute Gasteiger partial charge is 0.227 e. The van der Waals surface area contributed by atoms with Crippen LogP contribution >= 0.6 is 24.8 Å². The van der Waals surface area contributed by atoms with Gasteiger partial charge in [-0.3, -0.25) is 4.79 Å². The van der Waals surface area contributed by atoms with Gasteiger partial charge in [0.1, 0.15) is 0 Å². The lowest BCUT2D eigenvalue weighted by atomic mass is 10.1. The summed E-state index contributed by atoms with van der Waals surface area (Å²) >= 11 is 0. The summed E-state index contributed by atoms with van der Waals surface area (Å²) in [5, 5.41) is 3.26. The summed E-state index contributed by atoms with van der Waals surface area (Å²) in [7, 11) is 0. The van der Waals surface area contributed by atoms with Gasteiger partial charge in [0.25, 0.3) is 0 Å². The fourth-order valence-electron chi connectivity index (χ4n) is 3.08. The van der Waals surface area contributed by atoms with Crippen molar-refractivity contribution in [2.24, 2.45) is 5.92 Å². The largest absolute Gasteiger partial charge is 0.375 e. The first kappa shape index (κ1) is 21.9. The maximum Gasteiger partial charge on any atom is 0.227 e. The Kier molecular flexibility index (Phi) is 11.4. The highest BCUT2D eigenvalue weighted by atomic mass is 35.5. The van der Waals surface area contributed by atoms with E-state index >= 15 is 0 Å². The summed E-state index contributed by atoms with van der Waals surface area (Å²) in [4.78, 5) is 16.7. The molecule has 0 aliphatic carbocycles. The van der Waals surface area contributed by atoms with Crippen molar-refractivity contribution in [1.82, 2.24) is 15.1 Å². The summed E-state index contributed by atoms with van der Waals surface area (Å²) in [6, 6.07) is 0. The second-order valence-electron chi connectivity index (χ2n) is 5.78. The van der Waals surface area contributed by atoms with Crippen LogP contribution in [0.1, 0.15) is 26.7 Å². The van der Waals surface area contributed by atoms with E-state index in [1.54, 1.807) is 0 Å². The number of nitrogens with zero attached hydrogens (tertiary/aromatic N) is 2. The monoisotopic (exact) mass is 355 g/mol. The van der Waals surface area contributed by atoms with E-state index in [0.29, 0.717) is 5.91 Å². The van der Waals surface area contributed by atoms with Gasteiger partial charge in [-0.1, -0.05) is 13.8 Å². The first-order valence-corrected chi connectivity index (χ1v) is 8.08. The van der Waals surface area contributed by atoms with Crippen LogP contribution in [0.3, 0.4) is 0 Å². The van der Waals surface area contributed by atoms with Gasteiger partial charge in [-0.2, -0.15) is 0 Å². The van der Waals surface area contributed by atoms with E-state index in [1.165, 1.54) is 0 Å². The van der Waals surface area contributed by atoms with Gasteiger partial charge in [0.05, 0.1) is 18.6 Å². The molecule has 0 aromatic rings. The Morgan fingerprint density at radius 3 is 2.59 bits per heavy atom. The number of hydrogen-bond acceptors (Lipinski definition) is 4. The highest BCUT2D eigenvalue weighted by Gasteiger charge is 2.32. The highest BCUT2D eigenvalue weighted by Crippen LogP contribution is 2.18. The van der Waals surface area contributed by atoms with E-state index in [0.717, 1.165) is 65.3 Å². The summed E-state index contributed by atoms with van der Waals surface area (Å²) < 4.78 is 5.93. The Morgan fingerprint density at radius 2 is 2.00 bits per heavy atom. The molecule has 0 aromatic heterocycles. The molecule has 2 unspecified atom stereocenters. The van der Waals surface area contributed by atoms with Crippen molar-refractivity contribution >= 4 is 30.7 Å². The van der Waals surface area contributed by atoms with Gasteiger partial charge in [-0.25, -0.2) is 0 Å². The van der Waals surface area contributed by atoms with Gasteiger partial charge in [0.15, 0.2) is 0 Å². The Balaban J connectivity index is 0.00000220. The normalized spacial score (nSPS) is 24.2. The number of hydrogen-bond donors (Lipinski definition) is 1. The van der Waals surface area contributed by atoms with Crippen LogP contribution in [-0.4, -0.2) is 74.2 Å². The summed E-state index contributed by atoms with van der Waals surface area (Å²) in [5.41, 5.74) is 0. The van der Waals surface area contributed by atoms with Gasteiger partial charge in [-0.15, -0.1) is 24.8 Å².